The van der Waals surface area contributed by atoms with Crippen LogP contribution in [-0.4, -0.2) is 98.3 Å². The first-order valence-corrected chi connectivity index (χ1v) is 8.31. The molecule has 3 rings (SSSR count). The average Bonchev–Trinajstić information content (AvgIpc) is 3.05. The van der Waals surface area contributed by atoms with Crippen LogP contribution in [0.4, 0.5) is 0 Å². The molecule has 3 saturated heterocycles. The van der Waals surface area contributed by atoms with E-state index in [0.29, 0.717) is 11.9 Å². The summed E-state index contributed by atoms with van der Waals surface area (Å²) in [5.41, 5.74) is 0. The van der Waals surface area contributed by atoms with Gasteiger partial charge in [-0.3, -0.25) is 14.6 Å². The number of carbonyl (C=O) groups excluding carboxylic acids is 1. The molecule has 3 heterocycles. The number of amides is 1. The first-order chi connectivity index (χ1) is 10.3. The Morgan fingerprint density at radius 3 is 2.57 bits per heavy atom. The Morgan fingerprint density at radius 2 is 1.86 bits per heavy atom. The topological polar surface area (TPSA) is 48.1 Å². The highest BCUT2D eigenvalue weighted by Crippen LogP contribution is 2.18. The fourth-order valence-electron chi connectivity index (χ4n) is 3.67. The third kappa shape index (κ3) is 3.56. The first-order valence-electron chi connectivity index (χ1n) is 8.31. The van der Waals surface area contributed by atoms with Gasteiger partial charge in [-0.1, -0.05) is 0 Å². The fraction of sp³-hybridized carbons (Fsp3) is 0.933. The van der Waals surface area contributed by atoms with Crippen LogP contribution in [0.1, 0.15) is 13.3 Å². The molecule has 0 aromatic rings. The maximum absolute atomic E-state index is 12.7. The molecule has 3 aliphatic heterocycles. The maximum atomic E-state index is 12.7. The minimum absolute atomic E-state index is 0.00401. The van der Waals surface area contributed by atoms with Crippen LogP contribution in [0.15, 0.2) is 0 Å². The molecule has 6 heteroatoms. The van der Waals surface area contributed by atoms with Crippen molar-refractivity contribution in [1.29, 1.82) is 0 Å². The van der Waals surface area contributed by atoms with E-state index in [0.717, 1.165) is 72.0 Å². The number of ether oxygens (including phenoxy) is 1. The summed E-state index contributed by atoms with van der Waals surface area (Å²) in [6, 6.07) is 0.559. The lowest BCUT2D eigenvalue weighted by Gasteiger charge is -2.35. The smallest absolute Gasteiger partial charge is 0.239 e. The van der Waals surface area contributed by atoms with Gasteiger partial charge < -0.3 is 15.0 Å². The van der Waals surface area contributed by atoms with Crippen molar-refractivity contribution >= 4 is 5.91 Å². The van der Waals surface area contributed by atoms with E-state index in [9.17, 15) is 4.79 Å². The van der Waals surface area contributed by atoms with Crippen molar-refractivity contribution in [3.8, 4) is 0 Å². The highest BCUT2D eigenvalue weighted by Gasteiger charge is 2.34. The van der Waals surface area contributed by atoms with Gasteiger partial charge in [-0.05, 0) is 13.3 Å². The Labute approximate surface area is 127 Å². The van der Waals surface area contributed by atoms with Crippen molar-refractivity contribution in [1.82, 2.24) is 20.0 Å². The molecule has 0 saturated carbocycles. The third-order valence-corrected chi connectivity index (χ3v) is 5.09. The molecule has 0 aliphatic carbocycles. The number of morpholine rings is 1. The molecule has 2 atom stereocenters. The molecule has 2 unspecified atom stereocenters. The number of rotatable bonds is 3. The van der Waals surface area contributed by atoms with Crippen LogP contribution in [0.2, 0.25) is 0 Å². The molecule has 6 nitrogen and oxygen atoms in total. The van der Waals surface area contributed by atoms with Gasteiger partial charge in [-0.25, -0.2) is 0 Å². The molecule has 3 fully saturated rings. The molecule has 1 N–H and O–H groups in total. The van der Waals surface area contributed by atoms with E-state index in [1.54, 1.807) is 0 Å². The molecule has 0 radical (unpaired) electrons. The zero-order chi connectivity index (χ0) is 14.7. The minimum Gasteiger partial charge on any atom is -0.379 e. The number of nitrogens with zero attached hydrogens (tertiary/aromatic N) is 3. The van der Waals surface area contributed by atoms with E-state index in [4.69, 9.17) is 4.74 Å². The van der Waals surface area contributed by atoms with Crippen LogP contribution < -0.4 is 5.32 Å². The predicted octanol–water partition coefficient (Wildman–Crippen LogP) is -0.787. The molecular weight excluding hydrogens is 268 g/mol. The lowest BCUT2D eigenvalue weighted by atomic mass is 10.2. The molecule has 3 aliphatic rings. The number of carbonyl (C=O) groups is 1. The normalized spacial score (nSPS) is 30.5. The molecule has 0 aromatic carbocycles. The van der Waals surface area contributed by atoms with Crippen LogP contribution in [-0.2, 0) is 9.53 Å². The zero-order valence-corrected chi connectivity index (χ0v) is 13.1. The maximum Gasteiger partial charge on any atom is 0.239 e. The highest BCUT2D eigenvalue weighted by molar-refractivity contribution is 5.81. The van der Waals surface area contributed by atoms with E-state index < -0.39 is 0 Å². The summed E-state index contributed by atoms with van der Waals surface area (Å²) in [5, 5.41) is 3.39. The van der Waals surface area contributed by atoms with Gasteiger partial charge in [-0.2, -0.15) is 0 Å². The van der Waals surface area contributed by atoms with Crippen molar-refractivity contribution in [3.63, 3.8) is 0 Å². The van der Waals surface area contributed by atoms with Gasteiger partial charge in [0.05, 0.1) is 19.3 Å². The standard InChI is InChI=1S/C15H28N4O2/c1-13(17-8-10-21-11-9-17)15(20)19-5-2-14(12-19)18-6-3-16-4-7-18/h13-14,16H,2-12H2,1H3. The van der Waals surface area contributed by atoms with Gasteiger partial charge >= 0.3 is 0 Å². The number of nitrogens with one attached hydrogen (secondary N) is 1. The van der Waals surface area contributed by atoms with Crippen LogP contribution in [0.25, 0.3) is 0 Å². The minimum atomic E-state index is -0.00401. The monoisotopic (exact) mass is 296 g/mol. The number of piperazine rings is 1. The zero-order valence-electron chi connectivity index (χ0n) is 13.1. The molecular formula is C15H28N4O2. The van der Waals surface area contributed by atoms with E-state index in [2.05, 4.69) is 20.0 Å². The van der Waals surface area contributed by atoms with Crippen molar-refractivity contribution in [3.05, 3.63) is 0 Å². The van der Waals surface area contributed by atoms with Crippen LogP contribution in [0.3, 0.4) is 0 Å². The average molecular weight is 296 g/mol. The summed E-state index contributed by atoms with van der Waals surface area (Å²) in [4.78, 5) is 19.6. The Bertz CT molecular complexity index is 354. The fourth-order valence-corrected chi connectivity index (χ4v) is 3.67. The first kappa shape index (κ1) is 15.2. The lowest BCUT2D eigenvalue weighted by Crippen LogP contribution is -2.52. The van der Waals surface area contributed by atoms with Crippen LogP contribution in [0.5, 0.6) is 0 Å². The van der Waals surface area contributed by atoms with E-state index in [-0.39, 0.29) is 6.04 Å². The number of hydrogen-bond donors (Lipinski definition) is 1. The number of likely N-dealkylation sites (tertiary alicyclic amines) is 1. The molecule has 21 heavy (non-hydrogen) atoms. The Hall–Kier alpha value is -0.690. The number of hydrogen-bond acceptors (Lipinski definition) is 5. The second-order valence-corrected chi connectivity index (χ2v) is 6.34. The third-order valence-electron chi connectivity index (χ3n) is 5.09. The highest BCUT2D eigenvalue weighted by atomic mass is 16.5. The molecule has 120 valence electrons. The van der Waals surface area contributed by atoms with Crippen LogP contribution in [0, 0.1) is 0 Å². The SMILES string of the molecule is CC(C(=O)N1CCC(N2CCNCC2)C1)N1CCOCC1. The Balaban J connectivity index is 1.51. The summed E-state index contributed by atoms with van der Waals surface area (Å²) in [5.74, 6) is 0.300. The second-order valence-electron chi connectivity index (χ2n) is 6.34. The summed E-state index contributed by atoms with van der Waals surface area (Å²) in [6.07, 6.45) is 1.13. The molecule has 0 spiro atoms. The van der Waals surface area contributed by atoms with Crippen molar-refractivity contribution < 1.29 is 9.53 Å². The summed E-state index contributed by atoms with van der Waals surface area (Å²) >= 11 is 0. The Kier molecular flexibility index (Phi) is 5.11. The van der Waals surface area contributed by atoms with Gasteiger partial charge in [-0.15, -0.1) is 0 Å². The van der Waals surface area contributed by atoms with Gasteiger partial charge in [0.25, 0.3) is 0 Å². The second kappa shape index (κ2) is 7.05. The van der Waals surface area contributed by atoms with Gasteiger partial charge in [0.1, 0.15) is 0 Å². The van der Waals surface area contributed by atoms with Crippen molar-refractivity contribution in [2.24, 2.45) is 0 Å². The van der Waals surface area contributed by atoms with Gasteiger partial charge in [0.2, 0.25) is 5.91 Å². The van der Waals surface area contributed by atoms with E-state index in [1.807, 2.05) is 6.92 Å². The largest absolute Gasteiger partial charge is 0.379 e. The molecule has 1 amide bonds. The summed E-state index contributed by atoms with van der Waals surface area (Å²) < 4.78 is 5.37. The van der Waals surface area contributed by atoms with Crippen molar-refractivity contribution in [2.75, 3.05) is 65.6 Å². The van der Waals surface area contributed by atoms with Crippen molar-refractivity contribution in [2.45, 2.75) is 25.4 Å². The quantitative estimate of drug-likeness (QED) is 0.740. The summed E-state index contributed by atoms with van der Waals surface area (Å²) in [6.45, 7) is 11.5. The van der Waals surface area contributed by atoms with Gasteiger partial charge in [0, 0.05) is 58.4 Å². The van der Waals surface area contributed by atoms with Crippen LogP contribution >= 0.6 is 0 Å². The molecule has 0 aromatic heterocycles. The summed E-state index contributed by atoms with van der Waals surface area (Å²) in [7, 11) is 0. The Morgan fingerprint density at radius 1 is 1.14 bits per heavy atom. The van der Waals surface area contributed by atoms with E-state index in [1.165, 1.54) is 0 Å². The van der Waals surface area contributed by atoms with E-state index >= 15 is 0 Å². The van der Waals surface area contributed by atoms with Gasteiger partial charge in [0.15, 0.2) is 0 Å². The predicted molar refractivity (Wildman–Crippen MR) is 81.3 cm³/mol. The molecule has 0 bridgehead atoms. The lowest BCUT2D eigenvalue weighted by molar-refractivity contribution is -0.137.